The molecule has 4 amide bonds. The molecule has 6 atom stereocenters. The highest BCUT2D eigenvalue weighted by Crippen LogP contribution is 2.45. The molecule has 1 aliphatic carbocycles. The van der Waals surface area contributed by atoms with Crippen molar-refractivity contribution in [3.8, 4) is 22.9 Å². The van der Waals surface area contributed by atoms with Crippen molar-refractivity contribution in [2.75, 3.05) is 38.8 Å². The number of anilines is 1. The molecule has 0 radical (unpaired) electrons. The number of pyridine rings is 1. The van der Waals surface area contributed by atoms with Crippen molar-refractivity contribution in [3.63, 3.8) is 0 Å². The highest BCUT2D eigenvalue weighted by atomic mass is 32.2. The minimum Gasteiger partial charge on any atom is -0.497 e. The van der Waals surface area contributed by atoms with Gasteiger partial charge in [0.2, 0.25) is 21.8 Å². The Hall–Kier alpha value is -5.01. The lowest BCUT2D eigenvalue weighted by Gasteiger charge is -2.35. The van der Waals surface area contributed by atoms with Crippen molar-refractivity contribution in [3.05, 3.63) is 41.8 Å². The molecule has 3 aliphatic rings. The summed E-state index contributed by atoms with van der Waals surface area (Å²) in [6.07, 6.45) is 7.46. The molecule has 2 aromatic heterocycles. The lowest BCUT2D eigenvalue weighted by molar-refractivity contribution is -0.145. The summed E-state index contributed by atoms with van der Waals surface area (Å²) in [5.41, 5.74) is -0.330. The number of carbonyl (C=O) groups excluding carboxylic acids is 3. The summed E-state index contributed by atoms with van der Waals surface area (Å²) in [5.74, 6) is -1.68. The van der Waals surface area contributed by atoms with E-state index in [0.717, 1.165) is 24.2 Å². The maximum absolute atomic E-state index is 14.8. The number of thiazole rings is 1. The van der Waals surface area contributed by atoms with Gasteiger partial charge in [0.25, 0.3) is 0 Å². The zero-order valence-electron chi connectivity index (χ0n) is 36.7. The number of hydrogen-bond donors (Lipinski definition) is 5. The van der Waals surface area contributed by atoms with E-state index in [2.05, 4.69) is 21.3 Å². The van der Waals surface area contributed by atoms with Crippen LogP contribution >= 0.6 is 11.3 Å². The summed E-state index contributed by atoms with van der Waals surface area (Å²) in [6.45, 7) is 9.64. The molecular weight excluding hydrogens is 837 g/mol. The van der Waals surface area contributed by atoms with Gasteiger partial charge in [-0.05, 0) is 57.1 Å². The number of hydrogen-bond acceptors (Lipinski definition) is 12. The number of urea groups is 1. The molecule has 0 bridgehead atoms. The number of carbonyl (C=O) groups is 4. The number of benzene rings is 1. The number of likely N-dealkylation sites (N-methyl/N-ethyl adjacent to an activating group) is 1. The van der Waals surface area contributed by atoms with Crippen molar-refractivity contribution < 1.29 is 42.2 Å². The van der Waals surface area contributed by atoms with E-state index in [0.29, 0.717) is 46.6 Å². The number of fused-ring (bicyclic) bond motifs is 3. The van der Waals surface area contributed by atoms with Crippen LogP contribution in [0.3, 0.4) is 0 Å². The average Bonchev–Trinajstić information content (AvgIpc) is 3.46. The van der Waals surface area contributed by atoms with Gasteiger partial charge in [0, 0.05) is 60.9 Å². The number of amides is 4. The maximum Gasteiger partial charge on any atom is 0.330 e. The Morgan fingerprint density at radius 2 is 1.89 bits per heavy atom. The summed E-state index contributed by atoms with van der Waals surface area (Å²) >= 11 is 1.45. The molecule has 6 rings (SSSR count). The number of carboxylic acid groups (broad SMARTS) is 1. The Balaban J connectivity index is 1.33. The number of rotatable bonds is 12. The van der Waals surface area contributed by atoms with Gasteiger partial charge in [-0.15, -0.1) is 11.3 Å². The van der Waals surface area contributed by atoms with Crippen molar-refractivity contribution in [2.45, 2.75) is 115 Å². The lowest BCUT2D eigenvalue weighted by atomic mass is 9.87. The number of sulfonamides is 1. The van der Waals surface area contributed by atoms with E-state index in [1.165, 1.54) is 27.6 Å². The van der Waals surface area contributed by atoms with Crippen LogP contribution in [0.2, 0.25) is 0 Å². The molecule has 1 unspecified atom stereocenters. The van der Waals surface area contributed by atoms with Gasteiger partial charge in [0.05, 0.1) is 31.1 Å². The highest BCUT2D eigenvalue weighted by molar-refractivity contribution is 7.88. The zero-order valence-corrected chi connectivity index (χ0v) is 38.3. The molecule has 4 heterocycles. The lowest BCUT2D eigenvalue weighted by Crippen LogP contribution is -2.59. The van der Waals surface area contributed by atoms with Crippen LogP contribution in [-0.4, -0.2) is 126 Å². The minimum atomic E-state index is -3.55. The van der Waals surface area contributed by atoms with Crippen LogP contribution < -0.4 is 30.7 Å². The van der Waals surface area contributed by atoms with Crippen LogP contribution in [0.4, 0.5) is 9.93 Å². The molecule has 2 fully saturated rings. The van der Waals surface area contributed by atoms with E-state index in [1.807, 2.05) is 58.2 Å². The van der Waals surface area contributed by atoms with Crippen molar-refractivity contribution in [1.82, 2.24) is 35.1 Å². The van der Waals surface area contributed by atoms with Gasteiger partial charge in [-0.2, -0.15) is 0 Å². The van der Waals surface area contributed by atoms with Gasteiger partial charge >= 0.3 is 12.0 Å². The number of nitrogens with one attached hydrogen (secondary N) is 4. The first-order valence-corrected chi connectivity index (χ1v) is 23.8. The largest absolute Gasteiger partial charge is 0.497 e. The fraction of sp³-hybridized carbons (Fsp3) is 0.581. The zero-order chi connectivity index (χ0) is 45.1. The minimum absolute atomic E-state index is 0.00174. The molecule has 62 heavy (non-hydrogen) atoms. The molecule has 338 valence electrons. The Bertz CT molecular complexity index is 2290. The molecule has 0 spiro atoms. The third-order valence-corrected chi connectivity index (χ3v) is 13.8. The van der Waals surface area contributed by atoms with Crippen molar-refractivity contribution in [2.24, 2.45) is 11.3 Å². The number of nitrogens with zero attached hydrogens (tertiary/aromatic N) is 4. The SMILES string of the molecule is COc1ccc2c(O[C@@H]3C[C@H]4C(=O)N[C@]5(C(=O)O)CC5/C=C\CCCCC[C@@H](NC(=O)N[C@H](CN(C)S(C)(=O)=O)C(C)(C)C)C(=O)N4C3)cc(-c3csc(NC(C)C)n3)nc2c1. The number of carboxylic acids is 1. The second-order valence-electron chi connectivity index (χ2n) is 18.0. The Kier molecular flexibility index (Phi) is 14.1. The van der Waals surface area contributed by atoms with Gasteiger partial charge in [0.15, 0.2) is 5.13 Å². The molecule has 3 aromatic rings. The number of ether oxygens (including phenoxy) is 2. The first kappa shape index (κ1) is 46.5. The van der Waals surface area contributed by atoms with Crippen LogP contribution in [0.25, 0.3) is 22.3 Å². The Labute approximate surface area is 367 Å². The molecule has 5 N–H and O–H groups in total. The number of aliphatic carboxylic acids is 1. The predicted molar refractivity (Wildman–Crippen MR) is 238 cm³/mol. The van der Waals surface area contributed by atoms with E-state index in [1.54, 1.807) is 25.3 Å². The Morgan fingerprint density at radius 1 is 1.13 bits per heavy atom. The first-order valence-electron chi connectivity index (χ1n) is 21.1. The third kappa shape index (κ3) is 10.9. The van der Waals surface area contributed by atoms with E-state index < -0.39 is 74.9 Å². The van der Waals surface area contributed by atoms with Gasteiger partial charge < -0.3 is 40.7 Å². The molecule has 17 nitrogen and oxygen atoms in total. The van der Waals surface area contributed by atoms with Gasteiger partial charge in [0.1, 0.15) is 40.9 Å². The number of aromatic nitrogens is 2. The highest BCUT2D eigenvalue weighted by Gasteiger charge is 2.61. The quantitative estimate of drug-likeness (QED) is 0.152. The summed E-state index contributed by atoms with van der Waals surface area (Å²) in [7, 11) is -0.551. The second kappa shape index (κ2) is 18.8. The molecule has 1 aromatic carbocycles. The molecule has 2 aliphatic heterocycles. The summed E-state index contributed by atoms with van der Waals surface area (Å²) < 4.78 is 38.0. The predicted octanol–water partition coefficient (Wildman–Crippen LogP) is 4.99. The normalized spacial score (nSPS) is 24.6. The van der Waals surface area contributed by atoms with Gasteiger partial charge in [-0.1, -0.05) is 45.8 Å². The molecule has 1 saturated heterocycles. The fourth-order valence-electron chi connectivity index (χ4n) is 7.85. The summed E-state index contributed by atoms with van der Waals surface area (Å²) in [4.78, 5) is 66.7. The van der Waals surface area contributed by atoms with Crippen LogP contribution in [0, 0.1) is 11.3 Å². The monoisotopic (exact) mass is 896 g/mol. The summed E-state index contributed by atoms with van der Waals surface area (Å²) in [6, 6.07) is 3.86. The second-order valence-corrected chi connectivity index (χ2v) is 20.9. The smallest absolute Gasteiger partial charge is 0.330 e. The molecule has 19 heteroatoms. The maximum atomic E-state index is 14.8. The summed E-state index contributed by atoms with van der Waals surface area (Å²) in [5, 5.41) is 25.5. The topological polar surface area (TPSA) is 221 Å². The van der Waals surface area contributed by atoms with Gasteiger partial charge in [-0.25, -0.2) is 32.3 Å². The fourth-order valence-corrected chi connectivity index (χ4v) is 9.12. The standard InChI is InChI=1S/C43H60N8O9S2/c1-25(2)44-41-47-33(24-61-41)32-20-35(29-17-16-27(59-7)18-31(29)45-32)60-28-19-34-37(52)49-43(39(54)55)21-26(43)14-12-10-9-11-13-15-30(38(53)51(34)22-28)46-40(56)48-36(42(3,4)5)23-50(6)62(8,57)58/h12,14,16-18,20,24-26,28,30,34,36H,9-11,13,15,19,21-23H2,1-8H3,(H,44,47)(H,49,52)(H,54,55)(H2,46,48,56)/b14-12-/t26?,28-,30-,34+,36-,43-/m1/s1. The van der Waals surface area contributed by atoms with Crippen LogP contribution in [0.15, 0.2) is 41.8 Å². The number of methoxy groups -OCH3 is 1. The van der Waals surface area contributed by atoms with Crippen molar-refractivity contribution >= 4 is 61.2 Å². The Morgan fingerprint density at radius 3 is 2.56 bits per heavy atom. The number of allylic oxidation sites excluding steroid dienone is 1. The van der Waals surface area contributed by atoms with Gasteiger partial charge in [-0.3, -0.25) is 9.59 Å². The van der Waals surface area contributed by atoms with Crippen LogP contribution in [0.5, 0.6) is 11.5 Å². The van der Waals surface area contributed by atoms with Crippen molar-refractivity contribution in [1.29, 1.82) is 0 Å². The average molecular weight is 897 g/mol. The molecule has 1 saturated carbocycles. The van der Waals surface area contributed by atoms with E-state index in [-0.39, 0.29) is 38.4 Å². The van der Waals surface area contributed by atoms with E-state index in [9.17, 15) is 32.7 Å². The van der Waals surface area contributed by atoms with Crippen LogP contribution in [-0.2, 0) is 24.4 Å². The van der Waals surface area contributed by atoms with E-state index in [4.69, 9.17) is 19.4 Å². The van der Waals surface area contributed by atoms with E-state index >= 15 is 0 Å². The third-order valence-electron chi connectivity index (χ3n) is 11.7. The first-order chi connectivity index (χ1) is 29.2. The molecular formula is C43H60N8O9S2. The van der Waals surface area contributed by atoms with Crippen LogP contribution in [0.1, 0.15) is 79.6 Å².